The van der Waals surface area contributed by atoms with Gasteiger partial charge in [0.2, 0.25) is 0 Å². The summed E-state index contributed by atoms with van der Waals surface area (Å²) in [6.07, 6.45) is 1.55. The van der Waals surface area contributed by atoms with Crippen LogP contribution >= 0.6 is 23.1 Å². The number of rotatable bonds is 5. The van der Waals surface area contributed by atoms with Crippen molar-refractivity contribution in [3.05, 3.63) is 35.9 Å². The van der Waals surface area contributed by atoms with E-state index in [0.29, 0.717) is 6.61 Å². The summed E-state index contributed by atoms with van der Waals surface area (Å²) in [6.45, 7) is 4.14. The highest BCUT2D eigenvalue weighted by molar-refractivity contribution is 8.01. The van der Waals surface area contributed by atoms with E-state index in [1.165, 1.54) is 4.70 Å². The van der Waals surface area contributed by atoms with Gasteiger partial charge in [0.25, 0.3) is 0 Å². The van der Waals surface area contributed by atoms with Crippen LogP contribution in [0.4, 0.5) is 0 Å². The molecule has 0 aliphatic heterocycles. The van der Waals surface area contributed by atoms with E-state index < -0.39 is 0 Å². The first-order chi connectivity index (χ1) is 9.19. The van der Waals surface area contributed by atoms with Crippen LogP contribution in [-0.2, 0) is 9.53 Å². The van der Waals surface area contributed by atoms with Gasteiger partial charge in [-0.1, -0.05) is 29.5 Å². The van der Waals surface area contributed by atoms with Crippen LogP contribution in [0.1, 0.15) is 13.8 Å². The SMILES string of the molecule is CCOC(=O)/C=C(\C)CSc1nc2ccccc2s1. The van der Waals surface area contributed by atoms with Crippen LogP contribution in [0.25, 0.3) is 10.2 Å². The summed E-state index contributed by atoms with van der Waals surface area (Å²) in [4.78, 5) is 15.8. The van der Waals surface area contributed by atoms with Gasteiger partial charge in [-0.25, -0.2) is 9.78 Å². The van der Waals surface area contributed by atoms with Crippen LogP contribution in [0.2, 0.25) is 0 Å². The molecule has 0 spiro atoms. The molecule has 2 rings (SSSR count). The molecule has 0 N–H and O–H groups in total. The molecule has 0 bridgehead atoms. The molecule has 0 saturated heterocycles. The Morgan fingerprint density at radius 2 is 2.26 bits per heavy atom. The Kier molecular flexibility index (Phi) is 4.99. The molecule has 3 nitrogen and oxygen atoms in total. The van der Waals surface area contributed by atoms with Gasteiger partial charge in [0.1, 0.15) is 0 Å². The molecule has 0 unspecified atom stereocenters. The quantitative estimate of drug-likeness (QED) is 0.476. The van der Waals surface area contributed by atoms with Crippen LogP contribution in [0.5, 0.6) is 0 Å². The minimum absolute atomic E-state index is 0.273. The molecule has 0 aliphatic carbocycles. The standard InChI is InChI=1S/C14H15NO2S2/c1-3-17-13(16)8-10(2)9-18-14-15-11-6-4-5-7-12(11)19-14/h4-8H,3,9H2,1-2H3/b10-8+. The lowest BCUT2D eigenvalue weighted by Crippen LogP contribution is -2.00. The number of thiazole rings is 1. The van der Waals surface area contributed by atoms with Gasteiger partial charge in [-0.2, -0.15) is 0 Å². The van der Waals surface area contributed by atoms with E-state index in [-0.39, 0.29) is 5.97 Å². The Morgan fingerprint density at radius 3 is 3.00 bits per heavy atom. The number of carbonyl (C=O) groups is 1. The number of fused-ring (bicyclic) bond motifs is 1. The van der Waals surface area contributed by atoms with Crippen molar-refractivity contribution in [2.45, 2.75) is 18.2 Å². The molecule has 19 heavy (non-hydrogen) atoms. The summed E-state index contributed by atoms with van der Waals surface area (Å²) in [5.74, 6) is 0.475. The molecule has 5 heteroatoms. The van der Waals surface area contributed by atoms with Gasteiger partial charge in [-0.15, -0.1) is 11.3 Å². The van der Waals surface area contributed by atoms with Gasteiger partial charge in [0, 0.05) is 11.8 Å². The number of hydrogen-bond acceptors (Lipinski definition) is 5. The topological polar surface area (TPSA) is 39.2 Å². The normalized spacial score (nSPS) is 11.8. The third-order valence-corrected chi connectivity index (χ3v) is 4.72. The lowest BCUT2D eigenvalue weighted by molar-refractivity contribution is -0.137. The summed E-state index contributed by atoms with van der Waals surface area (Å²) < 4.78 is 7.09. The second-order valence-electron chi connectivity index (χ2n) is 3.98. The van der Waals surface area contributed by atoms with Gasteiger partial charge in [0.05, 0.1) is 16.8 Å². The highest BCUT2D eigenvalue weighted by Gasteiger charge is 2.05. The fraction of sp³-hybridized carbons (Fsp3) is 0.286. The number of hydrogen-bond donors (Lipinski definition) is 0. The Bertz CT molecular complexity index is 571. The molecule has 1 heterocycles. The molecular formula is C14H15NO2S2. The highest BCUT2D eigenvalue weighted by Crippen LogP contribution is 2.30. The second kappa shape index (κ2) is 6.73. The smallest absolute Gasteiger partial charge is 0.330 e. The Morgan fingerprint density at radius 1 is 1.47 bits per heavy atom. The summed E-state index contributed by atoms with van der Waals surface area (Å²) in [7, 11) is 0. The van der Waals surface area contributed by atoms with Crippen molar-refractivity contribution in [3.8, 4) is 0 Å². The molecule has 2 aromatic rings. The van der Waals surface area contributed by atoms with E-state index in [1.54, 1.807) is 36.1 Å². The maximum absolute atomic E-state index is 11.3. The van der Waals surface area contributed by atoms with Gasteiger partial charge in [0.15, 0.2) is 4.34 Å². The van der Waals surface area contributed by atoms with E-state index in [2.05, 4.69) is 11.1 Å². The fourth-order valence-electron chi connectivity index (χ4n) is 1.52. The molecule has 0 radical (unpaired) electrons. The Labute approximate surface area is 120 Å². The van der Waals surface area contributed by atoms with Gasteiger partial charge in [-0.05, 0) is 26.0 Å². The average Bonchev–Trinajstić information content (AvgIpc) is 2.79. The third kappa shape index (κ3) is 4.08. The first-order valence-electron chi connectivity index (χ1n) is 6.01. The number of thioether (sulfide) groups is 1. The molecule has 0 aliphatic rings. The zero-order chi connectivity index (χ0) is 13.7. The maximum Gasteiger partial charge on any atom is 0.330 e. The minimum atomic E-state index is -0.273. The van der Waals surface area contributed by atoms with Gasteiger partial charge >= 0.3 is 5.97 Å². The van der Waals surface area contributed by atoms with Crippen molar-refractivity contribution in [2.24, 2.45) is 0 Å². The van der Waals surface area contributed by atoms with E-state index >= 15 is 0 Å². The number of nitrogens with zero attached hydrogens (tertiary/aromatic N) is 1. The first kappa shape index (κ1) is 14.1. The number of benzene rings is 1. The molecule has 0 amide bonds. The maximum atomic E-state index is 11.3. The van der Waals surface area contributed by atoms with Crippen LogP contribution in [-0.4, -0.2) is 23.3 Å². The second-order valence-corrected chi connectivity index (χ2v) is 6.23. The molecular weight excluding hydrogens is 278 g/mol. The largest absolute Gasteiger partial charge is 0.463 e. The van der Waals surface area contributed by atoms with Crippen LogP contribution < -0.4 is 0 Å². The van der Waals surface area contributed by atoms with Crippen LogP contribution in [0, 0.1) is 0 Å². The summed E-state index contributed by atoms with van der Waals surface area (Å²) >= 11 is 3.32. The van der Waals surface area contributed by atoms with Crippen molar-refractivity contribution in [2.75, 3.05) is 12.4 Å². The van der Waals surface area contributed by atoms with Crippen molar-refractivity contribution in [1.29, 1.82) is 0 Å². The molecule has 0 fully saturated rings. The van der Waals surface area contributed by atoms with Crippen LogP contribution in [0.15, 0.2) is 40.3 Å². The van der Waals surface area contributed by atoms with Crippen LogP contribution in [0.3, 0.4) is 0 Å². The minimum Gasteiger partial charge on any atom is -0.463 e. The zero-order valence-electron chi connectivity index (χ0n) is 10.9. The lowest BCUT2D eigenvalue weighted by Gasteiger charge is -1.99. The van der Waals surface area contributed by atoms with Gasteiger partial charge in [-0.3, -0.25) is 0 Å². The molecule has 0 saturated carbocycles. The first-order valence-corrected chi connectivity index (χ1v) is 7.81. The molecule has 1 aromatic carbocycles. The van der Waals surface area contributed by atoms with Crippen molar-refractivity contribution in [3.63, 3.8) is 0 Å². The van der Waals surface area contributed by atoms with Gasteiger partial charge < -0.3 is 4.74 Å². The van der Waals surface area contributed by atoms with E-state index in [4.69, 9.17) is 4.74 Å². The number of aromatic nitrogens is 1. The Balaban J connectivity index is 1.96. The van der Waals surface area contributed by atoms with Crippen molar-refractivity contribution < 1.29 is 9.53 Å². The summed E-state index contributed by atoms with van der Waals surface area (Å²) in [6, 6.07) is 8.08. The fourth-order valence-corrected chi connectivity index (χ4v) is 3.49. The zero-order valence-corrected chi connectivity index (χ0v) is 12.5. The Hall–Kier alpha value is -1.33. The number of esters is 1. The number of para-hydroxylation sites is 1. The van der Waals surface area contributed by atoms with Crippen molar-refractivity contribution >= 4 is 39.3 Å². The lowest BCUT2D eigenvalue weighted by atomic mass is 10.3. The third-order valence-electron chi connectivity index (χ3n) is 2.35. The van der Waals surface area contributed by atoms with Crippen molar-refractivity contribution in [1.82, 2.24) is 4.98 Å². The molecule has 1 aromatic heterocycles. The monoisotopic (exact) mass is 293 g/mol. The number of ether oxygens (including phenoxy) is 1. The van der Waals surface area contributed by atoms with E-state index in [0.717, 1.165) is 21.2 Å². The van der Waals surface area contributed by atoms with E-state index in [1.807, 2.05) is 25.1 Å². The number of carbonyl (C=O) groups excluding carboxylic acids is 1. The molecule has 0 atom stereocenters. The summed E-state index contributed by atoms with van der Waals surface area (Å²) in [5.41, 5.74) is 2.02. The predicted octanol–water partition coefficient (Wildman–Crippen LogP) is 3.90. The molecule has 100 valence electrons. The predicted molar refractivity (Wildman–Crippen MR) is 80.7 cm³/mol. The average molecular weight is 293 g/mol. The van der Waals surface area contributed by atoms with E-state index in [9.17, 15) is 4.79 Å². The summed E-state index contributed by atoms with van der Waals surface area (Å²) in [5, 5.41) is 0. The highest BCUT2D eigenvalue weighted by atomic mass is 32.2.